The molecule has 0 saturated heterocycles. The van der Waals surface area contributed by atoms with Gasteiger partial charge in [-0.25, -0.2) is 13.2 Å². The quantitative estimate of drug-likeness (QED) is 0.112. The van der Waals surface area contributed by atoms with Crippen molar-refractivity contribution in [3.05, 3.63) is 94.3 Å². The Morgan fingerprint density at radius 2 is 1.55 bits per heavy atom. The van der Waals surface area contributed by atoms with Crippen molar-refractivity contribution in [3.63, 3.8) is 0 Å². The fraction of sp³-hybridized carbons (Fsp3) is 0.367. The second-order valence-corrected chi connectivity index (χ2v) is 10.7. The summed E-state index contributed by atoms with van der Waals surface area (Å²) < 4.78 is 80.5. The smallest absolute Gasteiger partial charge is 0.317 e. The molecule has 0 aromatic heterocycles. The van der Waals surface area contributed by atoms with Crippen molar-refractivity contribution in [2.24, 2.45) is 11.3 Å². The molecule has 5 rings (SSSR count). The Kier molecular flexibility index (Phi) is 6.70. The van der Waals surface area contributed by atoms with Gasteiger partial charge in [0.25, 0.3) is 0 Å². The van der Waals surface area contributed by atoms with Crippen molar-refractivity contribution in [2.75, 3.05) is 0 Å². The molecule has 2 aliphatic rings. The zero-order valence-corrected chi connectivity index (χ0v) is 21.1. The molecule has 0 radical (unpaired) electrons. The summed E-state index contributed by atoms with van der Waals surface area (Å²) >= 11 is 0. The molecule has 0 bridgehead atoms. The van der Waals surface area contributed by atoms with Gasteiger partial charge in [0.05, 0.1) is 5.41 Å². The molecule has 0 aliphatic heterocycles. The second kappa shape index (κ2) is 9.71. The number of benzene rings is 3. The Bertz CT molecular complexity index is 1360. The molecule has 0 spiro atoms. The van der Waals surface area contributed by atoms with Crippen LogP contribution in [0.15, 0.2) is 48.5 Å². The minimum absolute atomic E-state index is 0.283. The molecule has 1 saturated carbocycles. The van der Waals surface area contributed by atoms with Gasteiger partial charge in [0, 0.05) is 0 Å². The van der Waals surface area contributed by atoms with Crippen LogP contribution in [0.1, 0.15) is 56.2 Å². The van der Waals surface area contributed by atoms with E-state index >= 15 is 0 Å². The molecule has 2 aliphatic carbocycles. The Morgan fingerprint density at radius 3 is 2.24 bits per heavy atom. The highest BCUT2D eigenvalue weighted by Gasteiger charge is 2.56. The van der Waals surface area contributed by atoms with Gasteiger partial charge in [-0.05, 0) is 72.8 Å². The molecule has 0 N–H and O–H groups in total. The molecule has 0 amide bonds. The summed E-state index contributed by atoms with van der Waals surface area (Å²) in [7, 11) is 0. The third-order valence-electron chi connectivity index (χ3n) is 8.41. The van der Waals surface area contributed by atoms with E-state index in [1.54, 1.807) is 6.92 Å². The number of rotatable bonds is 5. The number of carbonyl (C=O) groups excluding carboxylic acids is 1. The number of aryl methyl sites for hydroxylation is 1. The third-order valence-corrected chi connectivity index (χ3v) is 8.41. The molecule has 0 heterocycles. The molecular formula is C30H27F5O3. The summed E-state index contributed by atoms with van der Waals surface area (Å²) in [6.07, 6.45) is 3.01. The van der Waals surface area contributed by atoms with E-state index in [0.29, 0.717) is 38.0 Å². The van der Waals surface area contributed by atoms with E-state index in [-0.39, 0.29) is 5.92 Å². The van der Waals surface area contributed by atoms with E-state index in [9.17, 15) is 26.7 Å². The molecule has 0 unspecified atom stereocenters. The lowest BCUT2D eigenvalue weighted by Gasteiger charge is -2.54. The topological polar surface area (TPSA) is 35.5 Å². The van der Waals surface area contributed by atoms with Crippen molar-refractivity contribution >= 4 is 5.97 Å². The predicted octanol–water partition coefficient (Wildman–Crippen LogP) is 7.58. The number of hydrogen-bond donors (Lipinski definition) is 0. The van der Waals surface area contributed by atoms with Crippen LogP contribution in [-0.2, 0) is 23.2 Å². The SMILES string of the molecule is C[C@@]1(C(=O)Oc2c(F)c(F)c(F)c(F)c2F)CCC[C@@]2(C)c3cc(OCc4ccccc4)ccc3CC[C@@H]12. The molecule has 200 valence electrons. The maximum absolute atomic E-state index is 14.3. The summed E-state index contributed by atoms with van der Waals surface area (Å²) in [6, 6.07) is 15.7. The van der Waals surface area contributed by atoms with Crippen LogP contribution < -0.4 is 9.47 Å². The second-order valence-electron chi connectivity index (χ2n) is 10.7. The van der Waals surface area contributed by atoms with Gasteiger partial charge in [-0.3, -0.25) is 4.79 Å². The highest BCUT2D eigenvalue weighted by atomic mass is 19.2. The third kappa shape index (κ3) is 4.24. The van der Waals surface area contributed by atoms with E-state index in [4.69, 9.17) is 9.47 Å². The molecule has 3 atom stereocenters. The van der Waals surface area contributed by atoms with Gasteiger partial charge in [-0.15, -0.1) is 0 Å². The van der Waals surface area contributed by atoms with Crippen LogP contribution in [0.5, 0.6) is 11.5 Å². The first kappa shape index (κ1) is 26.2. The van der Waals surface area contributed by atoms with Crippen molar-refractivity contribution in [1.29, 1.82) is 0 Å². The number of fused-ring (bicyclic) bond motifs is 3. The monoisotopic (exact) mass is 530 g/mol. The average Bonchev–Trinajstić information content (AvgIpc) is 2.92. The number of hydrogen-bond acceptors (Lipinski definition) is 3. The average molecular weight is 531 g/mol. The number of esters is 1. The summed E-state index contributed by atoms with van der Waals surface area (Å²) in [6.45, 7) is 4.11. The molecule has 3 nitrogen and oxygen atoms in total. The van der Waals surface area contributed by atoms with Crippen LogP contribution in [0, 0.1) is 40.4 Å². The Hall–Kier alpha value is -3.42. The van der Waals surface area contributed by atoms with E-state index in [1.165, 1.54) is 0 Å². The lowest BCUT2D eigenvalue weighted by Crippen LogP contribution is -2.53. The van der Waals surface area contributed by atoms with Crippen molar-refractivity contribution in [3.8, 4) is 11.5 Å². The lowest BCUT2D eigenvalue weighted by molar-refractivity contribution is -0.154. The van der Waals surface area contributed by atoms with Crippen LogP contribution in [0.4, 0.5) is 22.0 Å². The van der Waals surface area contributed by atoms with Crippen LogP contribution in [0.2, 0.25) is 0 Å². The zero-order valence-electron chi connectivity index (χ0n) is 21.1. The van der Waals surface area contributed by atoms with Gasteiger partial charge >= 0.3 is 5.97 Å². The van der Waals surface area contributed by atoms with E-state index in [2.05, 4.69) is 6.92 Å². The van der Waals surface area contributed by atoms with Crippen LogP contribution in [-0.4, -0.2) is 5.97 Å². The Morgan fingerprint density at radius 1 is 0.895 bits per heavy atom. The van der Waals surface area contributed by atoms with Gasteiger partial charge in [-0.1, -0.05) is 49.7 Å². The van der Waals surface area contributed by atoms with Crippen molar-refractivity contribution in [1.82, 2.24) is 0 Å². The van der Waals surface area contributed by atoms with Crippen molar-refractivity contribution in [2.45, 2.75) is 58.0 Å². The zero-order chi connectivity index (χ0) is 27.2. The summed E-state index contributed by atoms with van der Waals surface area (Å²) in [4.78, 5) is 13.4. The minimum atomic E-state index is -2.30. The Balaban J connectivity index is 1.44. The highest BCUT2D eigenvalue weighted by Crippen LogP contribution is 2.58. The number of carbonyl (C=O) groups is 1. The van der Waals surface area contributed by atoms with Crippen LogP contribution >= 0.6 is 0 Å². The van der Waals surface area contributed by atoms with E-state index in [1.807, 2.05) is 48.5 Å². The first-order valence-corrected chi connectivity index (χ1v) is 12.6. The van der Waals surface area contributed by atoms with E-state index < -0.39 is 51.6 Å². The van der Waals surface area contributed by atoms with Gasteiger partial charge in [0.15, 0.2) is 0 Å². The standard InChI is InChI=1S/C30H27F5O3/c1-29-13-6-14-30(2,28(36)38-27-25(34)23(32)22(31)24(33)26(27)35)21(29)12-10-18-9-11-19(15-20(18)29)37-16-17-7-4-3-5-8-17/h3-5,7-9,11,15,21H,6,10,12-14,16H2,1-2H3/t21-,29+,30-/m1/s1. The van der Waals surface area contributed by atoms with Gasteiger partial charge in [0.1, 0.15) is 12.4 Å². The summed E-state index contributed by atoms with van der Waals surface area (Å²) in [5, 5.41) is 0. The largest absolute Gasteiger partial charge is 0.489 e. The number of halogens is 5. The fourth-order valence-electron chi connectivity index (χ4n) is 6.40. The predicted molar refractivity (Wildman–Crippen MR) is 130 cm³/mol. The van der Waals surface area contributed by atoms with Crippen molar-refractivity contribution < 1.29 is 36.2 Å². The summed E-state index contributed by atoms with van der Waals surface area (Å²) in [5.41, 5.74) is 1.51. The maximum atomic E-state index is 14.3. The first-order valence-electron chi connectivity index (χ1n) is 12.6. The van der Waals surface area contributed by atoms with Gasteiger partial charge < -0.3 is 9.47 Å². The first-order chi connectivity index (χ1) is 18.1. The van der Waals surface area contributed by atoms with Crippen LogP contribution in [0.25, 0.3) is 0 Å². The minimum Gasteiger partial charge on any atom is -0.489 e. The van der Waals surface area contributed by atoms with Gasteiger partial charge in [-0.2, -0.15) is 8.78 Å². The van der Waals surface area contributed by atoms with Crippen LogP contribution in [0.3, 0.4) is 0 Å². The Labute approximate surface area is 217 Å². The maximum Gasteiger partial charge on any atom is 0.317 e. The fourth-order valence-corrected chi connectivity index (χ4v) is 6.40. The normalized spacial score (nSPS) is 24.3. The number of ether oxygens (including phenoxy) is 2. The highest BCUT2D eigenvalue weighted by molar-refractivity contribution is 5.80. The molecule has 3 aromatic rings. The molecule has 3 aromatic carbocycles. The van der Waals surface area contributed by atoms with E-state index in [0.717, 1.165) is 23.1 Å². The molecule has 8 heteroatoms. The molecule has 1 fully saturated rings. The summed E-state index contributed by atoms with van der Waals surface area (Å²) in [5.74, 6) is -13.1. The molecular weight excluding hydrogens is 503 g/mol. The van der Waals surface area contributed by atoms with Gasteiger partial charge in [0.2, 0.25) is 34.8 Å². The molecule has 38 heavy (non-hydrogen) atoms. The lowest BCUT2D eigenvalue weighted by atomic mass is 9.50.